The van der Waals surface area contributed by atoms with Crippen LogP contribution in [-0.2, 0) is 36.0 Å². The van der Waals surface area contributed by atoms with Gasteiger partial charge in [0.15, 0.2) is 0 Å². The largest absolute Gasteiger partial charge is 0.379 e. The molecule has 2 heterocycles. The van der Waals surface area contributed by atoms with Gasteiger partial charge < -0.3 is 9.64 Å². The predicted molar refractivity (Wildman–Crippen MR) is 113 cm³/mol. The van der Waals surface area contributed by atoms with Gasteiger partial charge in [-0.15, -0.1) is 0 Å². The minimum atomic E-state index is 0.0251. The Morgan fingerprint density at radius 1 is 1.28 bits per heavy atom. The number of carbonyl (C=O) groups excluding carboxylic acids is 1. The van der Waals surface area contributed by atoms with Gasteiger partial charge in [-0.1, -0.05) is 35.9 Å². The molecule has 1 aliphatic heterocycles. The maximum atomic E-state index is 13.5. The Labute approximate surface area is 177 Å². The fraction of sp³-hybridized carbons (Fsp3) is 0.545. The lowest BCUT2D eigenvalue weighted by atomic mass is 9.83. The van der Waals surface area contributed by atoms with Crippen LogP contribution in [0.5, 0.6) is 0 Å². The number of halogens is 1. The first-order valence-electron chi connectivity index (χ1n) is 10.4. The number of benzene rings is 1. The number of nitrogens with zero attached hydrogens (tertiary/aromatic N) is 4. The van der Waals surface area contributed by atoms with Crippen molar-refractivity contribution in [3.05, 3.63) is 52.3 Å². The highest BCUT2D eigenvalue weighted by atomic mass is 35.5. The maximum Gasteiger partial charge on any atom is 0.226 e. The molecule has 0 N–H and O–H groups in total. The zero-order valence-corrected chi connectivity index (χ0v) is 17.8. The Balaban J connectivity index is 1.47. The van der Waals surface area contributed by atoms with E-state index in [-0.39, 0.29) is 11.8 Å². The van der Waals surface area contributed by atoms with Crippen molar-refractivity contribution in [1.29, 1.82) is 0 Å². The summed E-state index contributed by atoms with van der Waals surface area (Å²) in [5.41, 5.74) is 3.45. The van der Waals surface area contributed by atoms with Crippen LogP contribution in [0, 0.1) is 5.92 Å². The van der Waals surface area contributed by atoms with Crippen LogP contribution in [0.4, 0.5) is 0 Å². The van der Waals surface area contributed by atoms with E-state index >= 15 is 0 Å². The first kappa shape index (κ1) is 20.4. The summed E-state index contributed by atoms with van der Waals surface area (Å²) >= 11 is 6.35. The van der Waals surface area contributed by atoms with Crippen molar-refractivity contribution >= 4 is 17.5 Å². The van der Waals surface area contributed by atoms with E-state index in [1.54, 1.807) is 10.9 Å². The third-order valence-electron chi connectivity index (χ3n) is 5.99. The lowest BCUT2D eigenvalue weighted by Crippen LogP contribution is -2.45. The van der Waals surface area contributed by atoms with Gasteiger partial charge in [0.25, 0.3) is 0 Å². The molecule has 29 heavy (non-hydrogen) atoms. The third-order valence-corrected chi connectivity index (χ3v) is 6.31. The number of carbonyl (C=O) groups is 1. The standard InChI is InChI=1S/C22H29ClN4O2/c1-25-15-20(23)21(24-25)16-27(9-8-26-10-12-29-13-11-26)22(28)19-7-6-17-4-2-3-5-18(17)14-19/h2-5,15,19H,6-14,16H2,1H3/t19-/m0/s1. The molecule has 7 heteroatoms. The van der Waals surface area contributed by atoms with Crippen LogP contribution in [0.25, 0.3) is 0 Å². The molecule has 2 aliphatic rings. The van der Waals surface area contributed by atoms with E-state index in [4.69, 9.17) is 16.3 Å². The highest BCUT2D eigenvalue weighted by Gasteiger charge is 2.29. The summed E-state index contributed by atoms with van der Waals surface area (Å²) in [6.07, 6.45) is 4.48. The lowest BCUT2D eigenvalue weighted by molar-refractivity contribution is -0.137. The number of morpholine rings is 1. The Kier molecular flexibility index (Phi) is 6.53. The van der Waals surface area contributed by atoms with E-state index in [1.807, 2.05) is 11.9 Å². The van der Waals surface area contributed by atoms with Crippen LogP contribution in [0.3, 0.4) is 0 Å². The van der Waals surface area contributed by atoms with Gasteiger partial charge >= 0.3 is 0 Å². The molecule has 0 bridgehead atoms. The van der Waals surface area contributed by atoms with Crippen molar-refractivity contribution in [2.45, 2.75) is 25.8 Å². The van der Waals surface area contributed by atoms with Crippen LogP contribution in [0.2, 0.25) is 5.02 Å². The van der Waals surface area contributed by atoms with E-state index in [9.17, 15) is 4.79 Å². The van der Waals surface area contributed by atoms with Gasteiger partial charge in [0.2, 0.25) is 5.91 Å². The first-order valence-corrected chi connectivity index (χ1v) is 10.8. The molecule has 1 aromatic heterocycles. The number of fused-ring (bicyclic) bond motifs is 1. The third kappa shape index (κ3) is 5.00. The molecule has 0 saturated carbocycles. The number of ether oxygens (including phenoxy) is 1. The molecule has 1 aliphatic carbocycles. The van der Waals surface area contributed by atoms with E-state index in [0.29, 0.717) is 18.1 Å². The van der Waals surface area contributed by atoms with Gasteiger partial charge in [-0.2, -0.15) is 5.10 Å². The second kappa shape index (κ2) is 9.28. The number of hydrogen-bond acceptors (Lipinski definition) is 4. The molecule has 1 atom stereocenters. The smallest absolute Gasteiger partial charge is 0.226 e. The average Bonchev–Trinajstić information content (AvgIpc) is 3.07. The number of aromatic nitrogens is 2. The predicted octanol–water partition coefficient (Wildman–Crippen LogP) is 2.54. The molecule has 156 valence electrons. The highest BCUT2D eigenvalue weighted by molar-refractivity contribution is 6.31. The molecule has 0 unspecified atom stereocenters. The zero-order chi connectivity index (χ0) is 20.2. The van der Waals surface area contributed by atoms with E-state index in [2.05, 4.69) is 34.3 Å². The van der Waals surface area contributed by atoms with E-state index in [1.165, 1.54) is 11.1 Å². The van der Waals surface area contributed by atoms with Gasteiger partial charge in [-0.3, -0.25) is 14.4 Å². The highest BCUT2D eigenvalue weighted by Crippen LogP contribution is 2.27. The molecule has 0 spiro atoms. The maximum absolute atomic E-state index is 13.5. The Morgan fingerprint density at radius 2 is 2.03 bits per heavy atom. The summed E-state index contributed by atoms with van der Waals surface area (Å²) in [5.74, 6) is 0.242. The SMILES string of the molecule is Cn1cc(Cl)c(CN(CCN2CCOCC2)C(=O)[C@H]2CCc3ccccc3C2)n1. The molecule has 1 saturated heterocycles. The molecule has 1 amide bonds. The number of rotatable bonds is 6. The van der Waals surface area contributed by atoms with Crippen LogP contribution in [0.1, 0.15) is 23.2 Å². The van der Waals surface area contributed by atoms with Crippen molar-refractivity contribution in [1.82, 2.24) is 19.6 Å². The van der Waals surface area contributed by atoms with Crippen molar-refractivity contribution in [3.63, 3.8) is 0 Å². The molecule has 1 aromatic carbocycles. The molecule has 0 radical (unpaired) electrons. The molecule has 2 aromatic rings. The fourth-order valence-corrected chi connectivity index (χ4v) is 4.55. The summed E-state index contributed by atoms with van der Waals surface area (Å²) in [4.78, 5) is 17.8. The Morgan fingerprint density at radius 3 is 2.76 bits per heavy atom. The minimum absolute atomic E-state index is 0.0251. The minimum Gasteiger partial charge on any atom is -0.379 e. The van der Waals surface area contributed by atoms with Gasteiger partial charge in [0, 0.05) is 45.3 Å². The summed E-state index contributed by atoms with van der Waals surface area (Å²) in [6, 6.07) is 8.48. The number of hydrogen-bond donors (Lipinski definition) is 0. The van der Waals surface area contributed by atoms with Gasteiger partial charge in [-0.05, 0) is 30.4 Å². The second-order valence-corrected chi connectivity index (χ2v) is 8.43. The van der Waals surface area contributed by atoms with E-state index in [0.717, 1.165) is 57.8 Å². The molecule has 6 nitrogen and oxygen atoms in total. The second-order valence-electron chi connectivity index (χ2n) is 8.02. The van der Waals surface area contributed by atoms with Crippen molar-refractivity contribution < 1.29 is 9.53 Å². The lowest BCUT2D eigenvalue weighted by Gasteiger charge is -2.33. The Hall–Kier alpha value is -1.89. The van der Waals surface area contributed by atoms with Gasteiger partial charge in [0.05, 0.1) is 24.8 Å². The fourth-order valence-electron chi connectivity index (χ4n) is 4.31. The monoisotopic (exact) mass is 416 g/mol. The van der Waals surface area contributed by atoms with Crippen molar-refractivity contribution in [2.24, 2.45) is 13.0 Å². The topological polar surface area (TPSA) is 50.6 Å². The molecule has 4 rings (SSSR count). The molecular formula is C22H29ClN4O2. The summed E-state index contributed by atoms with van der Waals surface area (Å²) < 4.78 is 7.15. The van der Waals surface area contributed by atoms with Gasteiger partial charge in [-0.25, -0.2) is 0 Å². The van der Waals surface area contributed by atoms with Crippen LogP contribution < -0.4 is 0 Å². The quantitative estimate of drug-likeness (QED) is 0.726. The van der Waals surface area contributed by atoms with Crippen molar-refractivity contribution in [3.8, 4) is 0 Å². The van der Waals surface area contributed by atoms with E-state index < -0.39 is 0 Å². The molecule has 1 fully saturated rings. The number of amides is 1. The normalized spacial score (nSPS) is 19.7. The van der Waals surface area contributed by atoms with Crippen LogP contribution in [-0.4, -0.2) is 64.9 Å². The summed E-state index contributed by atoms with van der Waals surface area (Å²) in [7, 11) is 1.85. The molecular weight excluding hydrogens is 388 g/mol. The zero-order valence-electron chi connectivity index (χ0n) is 17.0. The van der Waals surface area contributed by atoms with Crippen LogP contribution >= 0.6 is 11.6 Å². The van der Waals surface area contributed by atoms with Gasteiger partial charge in [0.1, 0.15) is 5.69 Å². The van der Waals surface area contributed by atoms with Crippen molar-refractivity contribution in [2.75, 3.05) is 39.4 Å². The number of aryl methyl sites for hydroxylation is 2. The van der Waals surface area contributed by atoms with Crippen LogP contribution in [0.15, 0.2) is 30.5 Å². The Bertz CT molecular complexity index is 847. The average molecular weight is 417 g/mol. The summed E-state index contributed by atoms with van der Waals surface area (Å²) in [5, 5.41) is 5.08. The summed E-state index contributed by atoms with van der Waals surface area (Å²) in [6.45, 7) is 5.36. The first-order chi connectivity index (χ1) is 14.1.